The quantitative estimate of drug-likeness (QED) is 0.169. The largest absolute Gasteiger partial charge is 0.486 e. The van der Waals surface area contributed by atoms with Crippen molar-refractivity contribution in [1.29, 1.82) is 0 Å². The number of carboxylic acid groups (broad SMARTS) is 1. The number of rotatable bonds is 5. The molecule has 0 saturated carbocycles. The summed E-state index contributed by atoms with van der Waals surface area (Å²) in [5, 5.41) is 6.89. The van der Waals surface area contributed by atoms with E-state index in [0.717, 1.165) is 5.67 Å². The van der Waals surface area contributed by atoms with E-state index < -0.39 is 30.9 Å². The number of terminal acetylenes is 2. The van der Waals surface area contributed by atoms with Gasteiger partial charge in [0.05, 0.1) is 0 Å². The number of carbonyl (C=O) groups excluding carboxylic acids is 1. The van der Waals surface area contributed by atoms with Gasteiger partial charge in [-0.2, -0.15) is 0 Å². The number of carbonyl (C=O) groups is 2. The highest BCUT2D eigenvalue weighted by molar-refractivity contribution is 6.99. The van der Waals surface area contributed by atoms with Gasteiger partial charge in [0.1, 0.15) is 8.07 Å². The third kappa shape index (κ3) is 65.3. The van der Waals surface area contributed by atoms with Crippen LogP contribution in [0.15, 0.2) is 0 Å². The maximum absolute atomic E-state index is 12.4. The summed E-state index contributed by atoms with van der Waals surface area (Å²) in [6.45, 7) is 11.7. The molecule has 0 aromatic heterocycles. The van der Waals surface area contributed by atoms with Crippen molar-refractivity contribution in [1.82, 2.24) is 0 Å². The average Bonchev–Trinajstić information content (AvgIpc) is 3.33. The SMILES string of the molecule is C.C.C.C.C.C#CC#CC#CC#CC#CC#CC#CC#CC#CC#CC#CC#CC#CC#CC(=O)O[Si](C)(C)O[Si](C)(C)C[Si](C)(C)C#CC#CC#CC#CC#CC#CC#CC#CC#CC#CC#CC#CC#CC#C.O=CO.[HH].[HH].[HH].[HH].[HH].[HH].[HH].[HH].[HH].[HH].[HH].[HH].[HH].[HH].[HH].[HH].[HH].[HH].[HH].[HH].[HH].[HH].[HH].[HH].[HH].[HH].[HH]. The van der Waals surface area contributed by atoms with Crippen molar-refractivity contribution in [3.05, 3.63) is 0 Å². The van der Waals surface area contributed by atoms with E-state index in [9.17, 15) is 4.79 Å². The Balaban J connectivity index is -0.0000000442. The van der Waals surface area contributed by atoms with Gasteiger partial charge in [-0.15, -0.1) is 18.4 Å². The Morgan fingerprint density at radius 2 is 0.551 bits per heavy atom. The van der Waals surface area contributed by atoms with Gasteiger partial charge in [0.25, 0.3) is 6.47 Å². The van der Waals surface area contributed by atoms with Gasteiger partial charge < -0.3 is 13.6 Å². The predicted molar refractivity (Wildman–Crippen MR) is 384 cm³/mol. The third-order valence-corrected chi connectivity index (χ3v) is 18.0. The molecule has 0 fully saturated rings. The standard InChI is InChI=1S/C64H22O3Si3.CH2O2.5CH4.27H2/c1-9-11-13-15-17-19-21-23-25-27-29-31-33-35-37-39-41-43-45-47-49-51-53-55-57-59-61-64(65)66-70(7,8)67-69(5,6)63-68(3,4)62-60-58-56-54-52-50-48-46-44-42-40-38-36-34-32-30-28-26-24-22-20-18-16-14-12-10-2;2-1-3;;;;;;;;;;;;;;;;;;;;;;;;;;;;;;;;/h1-2H,63H2,3-8H3;1H,(H,2,3);5*1H4;27*1H. The fraction of sp³-hybridized carbons (Fsp3) is 0.171. The van der Waals surface area contributed by atoms with Crippen LogP contribution in [0.4, 0.5) is 0 Å². The van der Waals surface area contributed by atoms with Gasteiger partial charge in [-0.1, -0.05) is 50.2 Å². The minimum atomic E-state index is -2.88. The molecule has 420 valence electrons. The van der Waals surface area contributed by atoms with Gasteiger partial charge in [-0.25, -0.2) is 4.79 Å². The zero-order chi connectivity index (χ0) is 54.1. The molecule has 8 heteroatoms. The summed E-state index contributed by atoms with van der Waals surface area (Å²) in [4.78, 5) is 20.8. The molecule has 0 spiro atoms. The normalized spacial score (nSPS) is 5.69. The molecule has 0 bridgehead atoms. The molecule has 0 amide bonds. The van der Waals surface area contributed by atoms with E-state index in [1.165, 1.54) is 0 Å². The van der Waals surface area contributed by atoms with Crippen molar-refractivity contribution in [2.45, 2.75) is 82.1 Å². The molecule has 0 saturated heterocycles. The summed E-state index contributed by atoms with van der Waals surface area (Å²) in [7, 11) is -7.25. The van der Waals surface area contributed by atoms with Crippen LogP contribution in [0.2, 0.25) is 44.9 Å². The van der Waals surface area contributed by atoms with Crippen LogP contribution in [0.3, 0.4) is 0 Å². The first-order chi connectivity index (χ1) is 35.3. The zero-order valence-corrected chi connectivity index (χ0v) is 42.5. The van der Waals surface area contributed by atoms with E-state index in [4.69, 9.17) is 31.3 Å². The van der Waals surface area contributed by atoms with Crippen molar-refractivity contribution < 1.29 is 61.8 Å². The fourth-order valence-electron chi connectivity index (χ4n) is 3.87. The second-order valence-corrected chi connectivity index (χ2v) is 25.4. The molecule has 1 N–H and O–H groups in total. The van der Waals surface area contributed by atoms with Crippen LogP contribution >= 0.6 is 0 Å². The number of hydrogen-bond donors (Lipinski definition) is 1. The molecule has 0 aliphatic carbocycles. The lowest BCUT2D eigenvalue weighted by Crippen LogP contribution is -2.51. The molecule has 0 aromatic carbocycles. The summed E-state index contributed by atoms with van der Waals surface area (Å²) in [5.41, 5.74) is 4.07. The average molecular weight is 1100 g/mol. The zero-order valence-electron chi connectivity index (χ0n) is 39.5. The first-order valence-electron chi connectivity index (χ1n) is 19.3. The van der Waals surface area contributed by atoms with Crippen LogP contribution in [-0.2, 0) is 18.1 Å². The predicted octanol–water partition coefficient (Wildman–Crippen LogP) is 12.1. The molecule has 0 atom stereocenters. The van der Waals surface area contributed by atoms with Crippen LogP contribution < -0.4 is 0 Å². The van der Waals surface area contributed by atoms with E-state index in [1.54, 1.807) is 13.1 Å². The maximum atomic E-state index is 12.4. The Labute approximate surface area is 512 Å². The van der Waals surface area contributed by atoms with Crippen LogP contribution in [0.5, 0.6) is 0 Å². The molecule has 0 radical (unpaired) electrons. The lowest BCUT2D eigenvalue weighted by Gasteiger charge is -2.35. The highest BCUT2D eigenvalue weighted by atomic mass is 28.5. The van der Waals surface area contributed by atoms with Gasteiger partial charge in [-0.3, -0.25) is 4.79 Å². The molecule has 0 aliphatic heterocycles. The minimum absolute atomic E-state index is 0. The van der Waals surface area contributed by atoms with Gasteiger partial charge in [-0.05, 0) is 221 Å². The summed E-state index contributed by atoms with van der Waals surface area (Å²) in [6.07, 6.45) is 9.91. The van der Waals surface area contributed by atoms with Crippen LogP contribution in [0.25, 0.3) is 0 Å². The summed E-state index contributed by atoms with van der Waals surface area (Å²) in [6, 6.07) is 0. The maximum Gasteiger partial charge on any atom is 0.386 e. The smallest absolute Gasteiger partial charge is 0.386 e. The lowest BCUT2D eigenvalue weighted by atomic mass is 10.4. The molecule has 0 aromatic rings. The van der Waals surface area contributed by atoms with Crippen molar-refractivity contribution in [3.8, 4) is 332 Å². The highest BCUT2D eigenvalue weighted by Crippen LogP contribution is 2.24. The molecular formula is C70H98O5Si3. The molecule has 78 heavy (non-hydrogen) atoms. The minimum Gasteiger partial charge on any atom is -0.486 e. The van der Waals surface area contributed by atoms with Crippen molar-refractivity contribution in [2.24, 2.45) is 0 Å². The van der Waals surface area contributed by atoms with Crippen molar-refractivity contribution in [2.75, 3.05) is 0 Å². The van der Waals surface area contributed by atoms with Gasteiger partial charge >= 0.3 is 14.5 Å². The Kier molecular flexibility index (Phi) is 59.6. The Morgan fingerprint density at radius 1 is 0.372 bits per heavy atom. The molecule has 0 aliphatic rings. The Hall–Kier alpha value is -12.8. The van der Waals surface area contributed by atoms with E-state index in [1.807, 2.05) is 0 Å². The monoisotopic (exact) mass is 1100 g/mol. The van der Waals surface area contributed by atoms with E-state index in [0.29, 0.717) is 0 Å². The van der Waals surface area contributed by atoms with Gasteiger partial charge in [0, 0.05) is 163 Å². The molecular weight excluding hydrogens is 1010 g/mol. The number of hydrogen-bond acceptors (Lipinski definition) is 4. The Morgan fingerprint density at radius 3 is 0.756 bits per heavy atom. The third-order valence-electron chi connectivity index (χ3n) is 5.44. The Bertz CT molecular complexity index is 4200. The molecule has 0 heterocycles. The summed E-state index contributed by atoms with van der Waals surface area (Å²) >= 11 is 0. The van der Waals surface area contributed by atoms with Crippen molar-refractivity contribution in [3.63, 3.8) is 0 Å². The van der Waals surface area contributed by atoms with Gasteiger partial charge in [0.15, 0.2) is 8.32 Å². The highest BCUT2D eigenvalue weighted by Gasteiger charge is 2.40. The first-order valence-corrected chi connectivity index (χ1v) is 28.4. The molecule has 0 rings (SSSR count). The van der Waals surface area contributed by atoms with E-state index in [-0.39, 0.29) is 82.1 Å². The van der Waals surface area contributed by atoms with Crippen LogP contribution in [-0.4, -0.2) is 42.5 Å². The summed E-state index contributed by atoms with van der Waals surface area (Å²) < 4.78 is 12.0. The van der Waals surface area contributed by atoms with Crippen LogP contribution in [0.1, 0.15) is 75.7 Å². The fourth-order valence-corrected chi connectivity index (χ4v) is 20.1. The second-order valence-electron chi connectivity index (χ2n) is 12.6. The second kappa shape index (κ2) is 58.5. The van der Waals surface area contributed by atoms with Crippen molar-refractivity contribution >= 4 is 37.4 Å². The van der Waals surface area contributed by atoms with Gasteiger partial charge in [0.2, 0.25) is 0 Å². The molecule has 5 nitrogen and oxygen atoms in total. The first kappa shape index (κ1) is 79.4. The van der Waals surface area contributed by atoms with E-state index >= 15 is 0 Å². The summed E-state index contributed by atoms with van der Waals surface area (Å²) in [5.74, 6) is 131. The topological polar surface area (TPSA) is 72.8 Å². The molecule has 0 unspecified atom stereocenters. The lowest BCUT2D eigenvalue weighted by molar-refractivity contribution is -0.129. The van der Waals surface area contributed by atoms with E-state index in [2.05, 4.69) is 346 Å². The van der Waals surface area contributed by atoms with Crippen LogP contribution in [0, 0.1) is 332 Å².